The number of nitrogen functional groups attached to an aromatic ring is 1. The van der Waals surface area contributed by atoms with Crippen molar-refractivity contribution >= 4 is 34.5 Å². The summed E-state index contributed by atoms with van der Waals surface area (Å²) in [5.74, 6) is 0.0667. The molecule has 3 aromatic rings. The molecule has 22 heavy (non-hydrogen) atoms. The van der Waals surface area contributed by atoms with Crippen LogP contribution in [-0.2, 0) is 0 Å². The summed E-state index contributed by atoms with van der Waals surface area (Å²) >= 11 is 0. The van der Waals surface area contributed by atoms with Gasteiger partial charge in [0.25, 0.3) is 0 Å². The van der Waals surface area contributed by atoms with Crippen LogP contribution in [0.5, 0.6) is 5.75 Å². The number of rotatable bonds is 2. The fraction of sp³-hybridized carbons (Fsp3) is 0. The predicted molar refractivity (Wildman–Crippen MR) is 78.1 cm³/mol. The highest BCUT2D eigenvalue weighted by molar-refractivity contribution is 6.00. The Morgan fingerprint density at radius 2 is 2.05 bits per heavy atom. The van der Waals surface area contributed by atoms with Crippen molar-refractivity contribution < 1.29 is 9.90 Å². The number of amides is 2. The van der Waals surface area contributed by atoms with E-state index < -0.39 is 6.03 Å². The summed E-state index contributed by atoms with van der Waals surface area (Å²) in [5.41, 5.74) is 6.22. The van der Waals surface area contributed by atoms with Gasteiger partial charge in [-0.3, -0.25) is 10.3 Å². The van der Waals surface area contributed by atoms with E-state index in [0.717, 1.165) is 0 Å². The number of phenols is 1. The Balaban J connectivity index is 1.82. The molecule has 0 bridgehead atoms. The first kappa shape index (κ1) is 13.4. The summed E-state index contributed by atoms with van der Waals surface area (Å²) in [6.45, 7) is 0. The van der Waals surface area contributed by atoms with Crippen LogP contribution >= 0.6 is 0 Å². The van der Waals surface area contributed by atoms with Gasteiger partial charge >= 0.3 is 6.03 Å². The van der Waals surface area contributed by atoms with Crippen LogP contribution in [0, 0.1) is 0 Å². The third kappa shape index (κ3) is 2.80. The van der Waals surface area contributed by atoms with Crippen molar-refractivity contribution in [3.8, 4) is 5.75 Å². The second-order valence-corrected chi connectivity index (χ2v) is 4.20. The lowest BCUT2D eigenvalue weighted by Gasteiger charge is -2.08. The van der Waals surface area contributed by atoms with E-state index in [1.165, 1.54) is 30.7 Å². The number of aromatic hydroxyl groups is 1. The van der Waals surface area contributed by atoms with Gasteiger partial charge in [0.05, 0.1) is 6.20 Å². The molecule has 0 saturated carbocycles. The maximum absolute atomic E-state index is 11.8. The average Bonchev–Trinajstić information content (AvgIpc) is 2.49. The van der Waals surface area contributed by atoms with Crippen molar-refractivity contribution in [3.05, 3.63) is 30.7 Å². The molecule has 10 nitrogen and oxygen atoms in total. The Labute approximate surface area is 123 Å². The van der Waals surface area contributed by atoms with Gasteiger partial charge in [0.2, 0.25) is 5.95 Å². The number of nitrogens with zero attached hydrogens (tertiary/aromatic N) is 5. The molecule has 0 fully saturated rings. The number of fused-ring (bicyclic) bond motifs is 1. The van der Waals surface area contributed by atoms with Gasteiger partial charge in [-0.1, -0.05) is 0 Å². The molecule has 10 heteroatoms. The summed E-state index contributed by atoms with van der Waals surface area (Å²) < 4.78 is 0. The second-order valence-electron chi connectivity index (χ2n) is 4.20. The zero-order chi connectivity index (χ0) is 15.5. The molecule has 1 aromatic carbocycles. The maximum Gasteiger partial charge on any atom is 0.324 e. The topological polar surface area (TPSA) is 152 Å². The Bertz CT molecular complexity index is 839. The van der Waals surface area contributed by atoms with Crippen molar-refractivity contribution in [1.82, 2.24) is 25.1 Å². The Morgan fingerprint density at radius 3 is 2.82 bits per heavy atom. The minimum absolute atomic E-state index is 0.0519. The molecule has 110 valence electrons. The van der Waals surface area contributed by atoms with Gasteiger partial charge in [-0.2, -0.15) is 0 Å². The molecule has 0 aliphatic carbocycles. The number of carbonyl (C=O) groups excluding carboxylic acids is 1. The highest BCUT2D eigenvalue weighted by atomic mass is 16.3. The molecular formula is C12H10N8O2. The Morgan fingerprint density at radius 1 is 1.18 bits per heavy atom. The third-order valence-electron chi connectivity index (χ3n) is 2.62. The lowest BCUT2D eigenvalue weighted by atomic mass is 10.2. The van der Waals surface area contributed by atoms with Gasteiger partial charge in [0, 0.05) is 24.1 Å². The number of aromatic nitrogens is 5. The van der Waals surface area contributed by atoms with Crippen molar-refractivity contribution in [2.24, 2.45) is 0 Å². The number of hydrogen-bond acceptors (Lipinski definition) is 8. The number of carbonyl (C=O) groups is 1. The standard InChI is InChI=1S/C12H10N8O2/c13-11-18-10-7(19-20-11)3-6(4-8(10)21)16-12(22)17-9-5-14-1-2-15-9/h1-5,21H,(H2,13,18,20)(H2,15,16,17,22). The molecule has 0 atom stereocenters. The van der Waals surface area contributed by atoms with Crippen LogP contribution in [0.1, 0.15) is 0 Å². The summed E-state index contributed by atoms with van der Waals surface area (Å²) in [7, 11) is 0. The zero-order valence-electron chi connectivity index (χ0n) is 11.1. The SMILES string of the molecule is Nc1nnc2cc(NC(=O)Nc3cnccn3)cc(O)c2n1. The molecular weight excluding hydrogens is 288 g/mol. The molecule has 0 unspecified atom stereocenters. The van der Waals surface area contributed by atoms with E-state index in [9.17, 15) is 9.90 Å². The van der Waals surface area contributed by atoms with E-state index in [0.29, 0.717) is 17.0 Å². The van der Waals surface area contributed by atoms with Gasteiger partial charge in [0.1, 0.15) is 16.8 Å². The zero-order valence-corrected chi connectivity index (χ0v) is 11.1. The van der Waals surface area contributed by atoms with Crippen LogP contribution in [0.2, 0.25) is 0 Å². The lowest BCUT2D eigenvalue weighted by molar-refractivity contribution is 0.262. The molecule has 3 rings (SSSR count). The van der Waals surface area contributed by atoms with Gasteiger partial charge in [-0.25, -0.2) is 14.8 Å². The maximum atomic E-state index is 11.8. The third-order valence-corrected chi connectivity index (χ3v) is 2.62. The van der Waals surface area contributed by atoms with Crippen LogP contribution in [0.25, 0.3) is 11.0 Å². The normalized spacial score (nSPS) is 10.4. The Hall–Kier alpha value is -3.56. The Kier molecular flexibility index (Phi) is 3.32. The minimum Gasteiger partial charge on any atom is -0.506 e. The van der Waals surface area contributed by atoms with E-state index in [2.05, 4.69) is 35.8 Å². The summed E-state index contributed by atoms with van der Waals surface area (Å²) in [6.07, 6.45) is 4.33. The van der Waals surface area contributed by atoms with Crippen LogP contribution in [0.15, 0.2) is 30.7 Å². The average molecular weight is 298 g/mol. The fourth-order valence-corrected chi connectivity index (χ4v) is 1.75. The van der Waals surface area contributed by atoms with Crippen molar-refractivity contribution in [3.63, 3.8) is 0 Å². The van der Waals surface area contributed by atoms with Crippen LogP contribution in [0.3, 0.4) is 0 Å². The quantitative estimate of drug-likeness (QED) is 0.540. The van der Waals surface area contributed by atoms with Gasteiger partial charge in [0.15, 0.2) is 5.82 Å². The molecule has 2 amide bonds. The molecule has 0 aliphatic heterocycles. The predicted octanol–water partition coefficient (Wildman–Crippen LogP) is 0.747. The van der Waals surface area contributed by atoms with E-state index in [4.69, 9.17) is 5.73 Å². The smallest absolute Gasteiger partial charge is 0.324 e. The summed E-state index contributed by atoms with van der Waals surface area (Å²) in [5, 5.41) is 22.3. The molecule has 2 heterocycles. The number of nitrogens with one attached hydrogen (secondary N) is 2. The van der Waals surface area contributed by atoms with Crippen molar-refractivity contribution in [2.45, 2.75) is 0 Å². The molecule has 0 saturated heterocycles. The molecule has 0 aliphatic rings. The molecule has 5 N–H and O–H groups in total. The highest BCUT2D eigenvalue weighted by Gasteiger charge is 2.10. The number of nitrogens with two attached hydrogens (primary N) is 1. The summed E-state index contributed by atoms with van der Waals surface area (Å²) in [6, 6.07) is 2.29. The molecule has 2 aromatic heterocycles. The first-order valence-corrected chi connectivity index (χ1v) is 6.09. The van der Waals surface area contributed by atoms with Gasteiger partial charge in [-0.05, 0) is 6.07 Å². The fourth-order valence-electron chi connectivity index (χ4n) is 1.75. The summed E-state index contributed by atoms with van der Waals surface area (Å²) in [4.78, 5) is 23.4. The van der Waals surface area contributed by atoms with Crippen molar-refractivity contribution in [2.75, 3.05) is 16.4 Å². The van der Waals surface area contributed by atoms with Gasteiger partial charge in [-0.15, -0.1) is 10.2 Å². The van der Waals surface area contributed by atoms with E-state index in [1.807, 2.05) is 0 Å². The largest absolute Gasteiger partial charge is 0.506 e. The first-order valence-electron chi connectivity index (χ1n) is 6.09. The monoisotopic (exact) mass is 298 g/mol. The van der Waals surface area contributed by atoms with Crippen LogP contribution in [0.4, 0.5) is 22.2 Å². The highest BCUT2D eigenvalue weighted by Crippen LogP contribution is 2.26. The van der Waals surface area contributed by atoms with E-state index in [-0.39, 0.29) is 17.2 Å². The number of hydrogen-bond donors (Lipinski definition) is 4. The lowest BCUT2D eigenvalue weighted by Crippen LogP contribution is -2.20. The minimum atomic E-state index is -0.546. The number of urea groups is 1. The molecule has 0 spiro atoms. The van der Waals surface area contributed by atoms with Crippen LogP contribution in [-0.4, -0.2) is 36.3 Å². The van der Waals surface area contributed by atoms with Crippen molar-refractivity contribution in [1.29, 1.82) is 0 Å². The van der Waals surface area contributed by atoms with Gasteiger partial charge < -0.3 is 16.2 Å². The van der Waals surface area contributed by atoms with Crippen LogP contribution < -0.4 is 16.4 Å². The van der Waals surface area contributed by atoms with E-state index >= 15 is 0 Å². The second kappa shape index (κ2) is 5.44. The van der Waals surface area contributed by atoms with E-state index in [1.54, 1.807) is 0 Å². The molecule has 0 radical (unpaired) electrons. The first-order chi connectivity index (χ1) is 10.6. The number of anilines is 3. The number of phenolic OH excluding ortho intramolecular Hbond substituents is 1. The number of benzene rings is 1.